The fourth-order valence-corrected chi connectivity index (χ4v) is 2.59. The first-order valence-corrected chi connectivity index (χ1v) is 6.76. The van der Waals surface area contributed by atoms with Crippen LogP contribution >= 0.6 is 0 Å². The molecule has 0 spiro atoms. The molecule has 1 aliphatic carbocycles. The molecule has 1 aliphatic rings. The van der Waals surface area contributed by atoms with E-state index in [1.165, 1.54) is 6.42 Å². The maximum absolute atomic E-state index is 10.6. The van der Waals surface area contributed by atoms with Crippen molar-refractivity contribution >= 4 is 10.1 Å². The number of nitrogens with two attached hydrogens (primary N) is 1. The van der Waals surface area contributed by atoms with Gasteiger partial charge in [-0.1, -0.05) is 32.1 Å². The van der Waals surface area contributed by atoms with Crippen LogP contribution in [0, 0.1) is 5.92 Å². The average molecular weight is 259 g/mol. The van der Waals surface area contributed by atoms with Crippen molar-refractivity contribution in [2.45, 2.75) is 50.0 Å². The third kappa shape index (κ3) is 5.44. The number of aliphatic hydroxyl groups is 1. The number of rotatable bonds is 4. The molecule has 5 nitrogen and oxygen atoms in total. The summed E-state index contributed by atoms with van der Waals surface area (Å²) in [6.45, 7) is 0. The Kier molecular flexibility index (Phi) is 7.68. The van der Waals surface area contributed by atoms with Crippen LogP contribution in [0.15, 0.2) is 0 Å². The van der Waals surface area contributed by atoms with Crippen molar-refractivity contribution in [1.29, 1.82) is 0 Å². The van der Waals surface area contributed by atoms with Crippen LogP contribution in [0.4, 0.5) is 0 Å². The van der Waals surface area contributed by atoms with E-state index in [1.54, 1.807) is 0 Å². The standard InChI is InChI=1S/C9H19NO4S.Na/c10-9(15(12,13)14)8(11)6-7-4-2-1-3-5-7;/h7-9,11H,1-6,10H2,(H,12,13,14);/q;+1/p-1. The molecule has 0 aliphatic heterocycles. The topological polar surface area (TPSA) is 103 Å². The normalized spacial score (nSPS) is 22.2. The summed E-state index contributed by atoms with van der Waals surface area (Å²) in [5, 5.41) is 7.82. The third-order valence-electron chi connectivity index (χ3n) is 3.01. The van der Waals surface area contributed by atoms with E-state index in [2.05, 4.69) is 0 Å². The molecule has 7 heteroatoms. The number of hydrogen-bond donors (Lipinski definition) is 2. The first-order chi connectivity index (χ1) is 6.91. The van der Waals surface area contributed by atoms with Gasteiger partial charge in [0.05, 0.1) is 6.10 Å². The van der Waals surface area contributed by atoms with Crippen LogP contribution in [0.25, 0.3) is 0 Å². The molecule has 2 atom stereocenters. The van der Waals surface area contributed by atoms with E-state index in [-0.39, 0.29) is 29.6 Å². The molecule has 0 aromatic heterocycles. The molecular weight excluding hydrogens is 241 g/mol. The van der Waals surface area contributed by atoms with Crippen molar-refractivity contribution < 1.29 is 47.6 Å². The molecule has 1 rings (SSSR count). The average Bonchev–Trinajstić information content (AvgIpc) is 2.16. The predicted molar refractivity (Wildman–Crippen MR) is 54.9 cm³/mol. The van der Waals surface area contributed by atoms with Gasteiger partial charge in [0.2, 0.25) is 0 Å². The second-order valence-electron chi connectivity index (χ2n) is 4.26. The minimum Gasteiger partial charge on any atom is -0.747 e. The van der Waals surface area contributed by atoms with Crippen molar-refractivity contribution in [1.82, 2.24) is 0 Å². The zero-order chi connectivity index (χ0) is 11.5. The van der Waals surface area contributed by atoms with E-state index >= 15 is 0 Å². The van der Waals surface area contributed by atoms with Crippen LogP contribution in [0.5, 0.6) is 0 Å². The van der Waals surface area contributed by atoms with Gasteiger partial charge in [-0.05, 0) is 12.3 Å². The Hall–Kier alpha value is 0.830. The van der Waals surface area contributed by atoms with Crippen LogP contribution in [-0.4, -0.2) is 29.6 Å². The summed E-state index contributed by atoms with van der Waals surface area (Å²) in [6.07, 6.45) is 4.48. The van der Waals surface area contributed by atoms with Crippen LogP contribution in [-0.2, 0) is 10.1 Å². The number of hydrogen-bond acceptors (Lipinski definition) is 5. The molecule has 2 unspecified atom stereocenters. The first kappa shape index (κ1) is 16.8. The van der Waals surface area contributed by atoms with Crippen molar-refractivity contribution in [2.75, 3.05) is 0 Å². The number of aliphatic hydroxyl groups excluding tert-OH is 1. The molecule has 3 N–H and O–H groups in total. The Bertz CT molecular complexity index is 290. The molecule has 0 amide bonds. The molecule has 1 saturated carbocycles. The Morgan fingerprint density at radius 2 is 1.81 bits per heavy atom. The maximum atomic E-state index is 10.6. The first-order valence-electron chi connectivity index (χ1n) is 5.29. The van der Waals surface area contributed by atoms with Crippen molar-refractivity contribution in [3.8, 4) is 0 Å². The minimum atomic E-state index is -4.58. The van der Waals surface area contributed by atoms with Crippen LogP contribution in [0.3, 0.4) is 0 Å². The third-order valence-corrected chi connectivity index (χ3v) is 3.99. The van der Waals surface area contributed by atoms with Gasteiger partial charge in [-0.2, -0.15) is 0 Å². The van der Waals surface area contributed by atoms with Gasteiger partial charge in [-0.15, -0.1) is 0 Å². The molecule has 0 radical (unpaired) electrons. The van der Waals surface area contributed by atoms with E-state index in [0.29, 0.717) is 12.3 Å². The zero-order valence-electron chi connectivity index (χ0n) is 9.63. The van der Waals surface area contributed by atoms with E-state index < -0.39 is 21.6 Å². The largest absolute Gasteiger partial charge is 1.00 e. The summed E-state index contributed by atoms with van der Waals surface area (Å²) in [4.78, 5) is 0. The molecule has 90 valence electrons. The molecule has 0 saturated heterocycles. The summed E-state index contributed by atoms with van der Waals surface area (Å²) in [6, 6.07) is 0. The fourth-order valence-electron chi connectivity index (χ4n) is 2.09. The quantitative estimate of drug-likeness (QED) is 0.418. The van der Waals surface area contributed by atoms with Crippen LogP contribution in [0.1, 0.15) is 38.5 Å². The molecule has 0 aromatic carbocycles. The molecule has 0 aromatic rings. The summed E-state index contributed by atoms with van der Waals surface area (Å²) in [7, 11) is -4.58. The second kappa shape index (κ2) is 7.31. The Morgan fingerprint density at radius 3 is 2.25 bits per heavy atom. The van der Waals surface area contributed by atoms with Crippen LogP contribution < -0.4 is 35.3 Å². The molecular formula is C9H18NNaO4S. The van der Waals surface area contributed by atoms with Gasteiger partial charge in [0.15, 0.2) is 0 Å². The molecule has 0 bridgehead atoms. The van der Waals surface area contributed by atoms with E-state index in [4.69, 9.17) is 5.73 Å². The molecule has 1 fully saturated rings. The minimum absolute atomic E-state index is 0. The van der Waals surface area contributed by atoms with Crippen molar-refractivity contribution in [2.24, 2.45) is 11.7 Å². The van der Waals surface area contributed by atoms with Crippen molar-refractivity contribution in [3.05, 3.63) is 0 Å². The van der Waals surface area contributed by atoms with E-state index in [9.17, 15) is 18.1 Å². The Balaban J connectivity index is 0.00000225. The van der Waals surface area contributed by atoms with Gasteiger partial charge in [0.1, 0.15) is 15.5 Å². The van der Waals surface area contributed by atoms with Crippen molar-refractivity contribution in [3.63, 3.8) is 0 Å². The monoisotopic (exact) mass is 259 g/mol. The predicted octanol–water partition coefficient (Wildman–Crippen LogP) is -2.85. The Labute approximate surface area is 119 Å². The van der Waals surface area contributed by atoms with Gasteiger partial charge in [-0.3, -0.25) is 0 Å². The Morgan fingerprint density at radius 1 is 1.31 bits per heavy atom. The SMILES string of the molecule is NC(C(O)CC1CCCCC1)S(=O)(=O)[O-].[Na+]. The smallest absolute Gasteiger partial charge is 0.747 e. The fraction of sp³-hybridized carbons (Fsp3) is 1.00. The summed E-state index contributed by atoms with van der Waals surface area (Å²) in [5.41, 5.74) is 5.16. The van der Waals surface area contributed by atoms with Gasteiger partial charge in [0, 0.05) is 0 Å². The second-order valence-corrected chi connectivity index (χ2v) is 5.79. The molecule has 16 heavy (non-hydrogen) atoms. The summed E-state index contributed by atoms with van der Waals surface area (Å²) < 4.78 is 31.7. The van der Waals surface area contributed by atoms with Crippen LogP contribution in [0.2, 0.25) is 0 Å². The van der Waals surface area contributed by atoms with Gasteiger partial charge in [0.25, 0.3) is 0 Å². The molecule has 0 heterocycles. The zero-order valence-corrected chi connectivity index (χ0v) is 12.4. The summed E-state index contributed by atoms with van der Waals surface area (Å²) in [5.74, 6) is 0.307. The van der Waals surface area contributed by atoms with E-state index in [0.717, 1.165) is 25.7 Å². The van der Waals surface area contributed by atoms with E-state index in [1.807, 2.05) is 0 Å². The maximum Gasteiger partial charge on any atom is 1.00 e. The summed E-state index contributed by atoms with van der Waals surface area (Å²) >= 11 is 0. The van der Waals surface area contributed by atoms with Gasteiger partial charge in [-0.25, -0.2) is 8.42 Å². The van der Waals surface area contributed by atoms with Gasteiger partial charge < -0.3 is 15.4 Å². The van der Waals surface area contributed by atoms with Gasteiger partial charge >= 0.3 is 29.6 Å².